The van der Waals surface area contributed by atoms with Crippen LogP contribution in [0.1, 0.15) is 27.2 Å². The van der Waals surface area contributed by atoms with Gasteiger partial charge in [-0.05, 0) is 20.4 Å². The van der Waals surface area contributed by atoms with Gasteiger partial charge in [-0.2, -0.15) is 11.8 Å². The molecule has 0 aromatic carbocycles. The number of carbonyl (C=O) groups is 1. The van der Waals surface area contributed by atoms with Crippen LogP contribution in [0.2, 0.25) is 0 Å². The minimum Gasteiger partial charge on any atom is -0.480 e. The van der Waals surface area contributed by atoms with Crippen molar-refractivity contribution in [2.24, 2.45) is 0 Å². The minimum atomic E-state index is -0.887. The average molecular weight is 235 g/mol. The smallest absolute Gasteiger partial charge is 0.323 e. The van der Waals surface area contributed by atoms with Crippen LogP contribution in [0.25, 0.3) is 0 Å². The SMILES string of the molecule is CNC(C)(CC(C)SC(C)CO)C(=O)O. The molecule has 0 rings (SSSR count). The average Bonchev–Trinajstić information content (AvgIpc) is 2.16. The van der Waals surface area contributed by atoms with Gasteiger partial charge < -0.3 is 15.5 Å². The molecule has 0 aliphatic heterocycles. The molecule has 0 amide bonds. The number of aliphatic hydroxyl groups is 1. The highest BCUT2D eigenvalue weighted by Gasteiger charge is 2.33. The van der Waals surface area contributed by atoms with E-state index >= 15 is 0 Å². The van der Waals surface area contributed by atoms with Gasteiger partial charge in [-0.15, -0.1) is 0 Å². The summed E-state index contributed by atoms with van der Waals surface area (Å²) in [5.41, 5.74) is -0.887. The number of carboxylic acids is 1. The van der Waals surface area contributed by atoms with Crippen LogP contribution in [0.4, 0.5) is 0 Å². The highest BCUT2D eigenvalue weighted by atomic mass is 32.2. The Morgan fingerprint density at radius 2 is 2.00 bits per heavy atom. The van der Waals surface area contributed by atoms with Crippen molar-refractivity contribution in [3.8, 4) is 0 Å². The number of carboxylic acid groups (broad SMARTS) is 1. The van der Waals surface area contributed by atoms with Crippen LogP contribution in [0.15, 0.2) is 0 Å². The van der Waals surface area contributed by atoms with Crippen LogP contribution in [0, 0.1) is 0 Å². The van der Waals surface area contributed by atoms with Gasteiger partial charge in [0, 0.05) is 10.5 Å². The molecule has 3 N–H and O–H groups in total. The predicted octanol–water partition coefficient (Wildman–Crippen LogP) is 0.942. The lowest BCUT2D eigenvalue weighted by atomic mass is 9.96. The first kappa shape index (κ1) is 14.7. The summed E-state index contributed by atoms with van der Waals surface area (Å²) in [7, 11) is 1.65. The Bertz CT molecular complexity index is 213. The summed E-state index contributed by atoms with van der Waals surface area (Å²) in [5, 5.41) is 21.1. The minimum absolute atomic E-state index is 0.123. The highest BCUT2D eigenvalue weighted by Crippen LogP contribution is 2.25. The summed E-state index contributed by atoms with van der Waals surface area (Å²) in [5.74, 6) is -0.839. The van der Waals surface area contributed by atoms with Gasteiger partial charge in [0.2, 0.25) is 0 Å². The fourth-order valence-corrected chi connectivity index (χ4v) is 2.67. The number of aliphatic hydroxyl groups excluding tert-OH is 1. The molecule has 90 valence electrons. The van der Waals surface area contributed by atoms with Gasteiger partial charge in [0.05, 0.1) is 6.61 Å². The van der Waals surface area contributed by atoms with Crippen molar-refractivity contribution in [1.82, 2.24) is 5.32 Å². The molecule has 0 bridgehead atoms. The lowest BCUT2D eigenvalue weighted by molar-refractivity contribution is -0.144. The lowest BCUT2D eigenvalue weighted by Crippen LogP contribution is -2.49. The van der Waals surface area contributed by atoms with Gasteiger partial charge in [0.15, 0.2) is 0 Å². The molecule has 0 fully saturated rings. The number of nitrogens with one attached hydrogen (secondary N) is 1. The maximum absolute atomic E-state index is 11.0. The Balaban J connectivity index is 4.24. The number of hydrogen-bond acceptors (Lipinski definition) is 4. The van der Waals surface area contributed by atoms with E-state index in [1.807, 2.05) is 13.8 Å². The van der Waals surface area contributed by atoms with Gasteiger partial charge in [-0.25, -0.2) is 0 Å². The molecule has 0 radical (unpaired) electrons. The molecule has 0 aromatic rings. The third kappa shape index (κ3) is 4.86. The first-order valence-electron chi connectivity index (χ1n) is 5.04. The normalized spacial score (nSPS) is 19.3. The molecule has 3 unspecified atom stereocenters. The Morgan fingerprint density at radius 1 is 1.47 bits per heavy atom. The molecule has 3 atom stereocenters. The fraction of sp³-hybridized carbons (Fsp3) is 0.900. The Hall–Kier alpha value is -0.260. The first-order valence-corrected chi connectivity index (χ1v) is 5.98. The molecule has 0 saturated carbocycles. The molecule has 4 nitrogen and oxygen atoms in total. The molecular formula is C10H21NO3S. The van der Waals surface area contributed by atoms with E-state index in [0.29, 0.717) is 6.42 Å². The second-order valence-corrected chi connectivity index (χ2v) is 5.91. The Labute approximate surface area is 95.4 Å². The van der Waals surface area contributed by atoms with Crippen molar-refractivity contribution in [2.45, 2.75) is 43.2 Å². The standard InChI is InChI=1S/C10H21NO3S/c1-7(15-8(2)6-12)5-10(3,11-4)9(13)14/h7-8,11-12H,5-6H2,1-4H3,(H,13,14). The number of aliphatic carboxylic acids is 1. The van der Waals surface area contributed by atoms with E-state index < -0.39 is 11.5 Å². The van der Waals surface area contributed by atoms with Crippen LogP contribution in [0.5, 0.6) is 0 Å². The van der Waals surface area contributed by atoms with Crippen molar-refractivity contribution in [1.29, 1.82) is 0 Å². The summed E-state index contributed by atoms with van der Waals surface area (Å²) < 4.78 is 0. The van der Waals surface area contributed by atoms with Gasteiger partial charge in [-0.3, -0.25) is 4.79 Å². The van der Waals surface area contributed by atoms with Gasteiger partial charge in [0.25, 0.3) is 0 Å². The lowest BCUT2D eigenvalue weighted by Gasteiger charge is -2.28. The summed E-state index contributed by atoms with van der Waals surface area (Å²) in [6, 6.07) is 0. The zero-order chi connectivity index (χ0) is 12.1. The van der Waals surface area contributed by atoms with E-state index in [-0.39, 0.29) is 17.1 Å². The van der Waals surface area contributed by atoms with Crippen LogP contribution in [0.3, 0.4) is 0 Å². The molecule has 0 spiro atoms. The van der Waals surface area contributed by atoms with Gasteiger partial charge in [-0.1, -0.05) is 13.8 Å². The molecule has 15 heavy (non-hydrogen) atoms. The van der Waals surface area contributed by atoms with E-state index in [1.54, 1.807) is 25.7 Å². The van der Waals surface area contributed by atoms with Gasteiger partial charge >= 0.3 is 5.97 Å². The van der Waals surface area contributed by atoms with Crippen molar-refractivity contribution >= 4 is 17.7 Å². The van der Waals surface area contributed by atoms with E-state index in [9.17, 15) is 4.79 Å². The van der Waals surface area contributed by atoms with Crippen LogP contribution < -0.4 is 5.32 Å². The van der Waals surface area contributed by atoms with Crippen LogP contribution in [-0.2, 0) is 4.79 Å². The molecular weight excluding hydrogens is 214 g/mol. The van der Waals surface area contributed by atoms with Crippen molar-refractivity contribution in [3.63, 3.8) is 0 Å². The fourth-order valence-electron chi connectivity index (χ4n) is 1.36. The molecule has 0 saturated heterocycles. The molecule has 0 aromatic heterocycles. The third-order valence-electron chi connectivity index (χ3n) is 2.44. The quantitative estimate of drug-likeness (QED) is 0.613. The second-order valence-electron chi connectivity index (χ2n) is 4.03. The van der Waals surface area contributed by atoms with E-state index in [4.69, 9.17) is 10.2 Å². The number of rotatable bonds is 7. The summed E-state index contributed by atoms with van der Waals surface area (Å²) in [4.78, 5) is 11.0. The summed E-state index contributed by atoms with van der Waals surface area (Å²) in [6.07, 6.45) is 0.536. The topological polar surface area (TPSA) is 69.6 Å². The van der Waals surface area contributed by atoms with E-state index in [2.05, 4.69) is 5.32 Å². The highest BCUT2D eigenvalue weighted by molar-refractivity contribution is 8.00. The number of likely N-dealkylation sites (N-methyl/N-ethyl adjacent to an activating group) is 1. The van der Waals surface area contributed by atoms with Gasteiger partial charge in [0.1, 0.15) is 5.54 Å². The zero-order valence-corrected chi connectivity index (χ0v) is 10.6. The maximum Gasteiger partial charge on any atom is 0.323 e. The van der Waals surface area contributed by atoms with E-state index in [1.165, 1.54) is 0 Å². The molecule has 5 heteroatoms. The maximum atomic E-state index is 11.0. The Morgan fingerprint density at radius 3 is 2.33 bits per heavy atom. The van der Waals surface area contributed by atoms with Crippen molar-refractivity contribution in [2.75, 3.05) is 13.7 Å². The third-order valence-corrected chi connectivity index (χ3v) is 3.69. The van der Waals surface area contributed by atoms with E-state index in [0.717, 1.165) is 0 Å². The predicted molar refractivity (Wildman–Crippen MR) is 63.3 cm³/mol. The van der Waals surface area contributed by atoms with Crippen LogP contribution >= 0.6 is 11.8 Å². The van der Waals surface area contributed by atoms with Crippen molar-refractivity contribution < 1.29 is 15.0 Å². The monoisotopic (exact) mass is 235 g/mol. The first-order chi connectivity index (χ1) is 6.85. The number of thioether (sulfide) groups is 1. The molecule has 0 heterocycles. The molecule has 0 aliphatic rings. The van der Waals surface area contributed by atoms with Crippen molar-refractivity contribution in [3.05, 3.63) is 0 Å². The number of hydrogen-bond donors (Lipinski definition) is 3. The molecule has 0 aliphatic carbocycles. The largest absolute Gasteiger partial charge is 0.480 e. The summed E-state index contributed by atoms with van der Waals surface area (Å²) in [6.45, 7) is 5.71. The van der Waals surface area contributed by atoms with Crippen LogP contribution in [-0.4, -0.2) is 45.9 Å². The zero-order valence-electron chi connectivity index (χ0n) is 9.78. The second kappa shape index (κ2) is 6.35. The Kier molecular flexibility index (Phi) is 6.24. The summed E-state index contributed by atoms with van der Waals surface area (Å²) >= 11 is 1.61.